The Labute approximate surface area is 111 Å². The van der Waals surface area contributed by atoms with Crippen LogP contribution in [0, 0.1) is 0 Å². The number of thiol groups is 1. The molecule has 0 radical (unpaired) electrons. The highest BCUT2D eigenvalue weighted by molar-refractivity contribution is 7.82. The molecule has 1 amide bonds. The monoisotopic (exact) mass is 271 g/mol. The Morgan fingerprint density at radius 3 is 2.82 bits per heavy atom. The number of rotatable bonds is 3. The van der Waals surface area contributed by atoms with Crippen LogP contribution in [0.2, 0.25) is 5.02 Å². The van der Waals surface area contributed by atoms with E-state index in [9.17, 15) is 9.90 Å². The number of aliphatic hydroxyl groups excluding tert-OH is 1. The van der Waals surface area contributed by atoms with Crippen molar-refractivity contribution < 1.29 is 9.90 Å². The van der Waals surface area contributed by atoms with Gasteiger partial charge >= 0.3 is 0 Å². The molecule has 1 heterocycles. The first kappa shape index (κ1) is 12.7. The molecule has 1 aromatic carbocycles. The predicted octanol–water partition coefficient (Wildman–Crippen LogP) is 2.56. The standard InChI is InChI=1S/C12H14ClNO2S/c1-2-12(5-6-15)9-7-8(13)3-4-10(9)14(17)11(12)16/h3-4,7,15,17H,2,5-6H2,1H3. The first-order valence-corrected chi connectivity index (χ1v) is 6.29. The Bertz CT molecular complexity index is 466. The summed E-state index contributed by atoms with van der Waals surface area (Å²) < 4.78 is 1.35. The highest BCUT2D eigenvalue weighted by Gasteiger charge is 2.48. The van der Waals surface area contributed by atoms with Crippen molar-refractivity contribution in [3.05, 3.63) is 28.8 Å². The fourth-order valence-corrected chi connectivity index (χ4v) is 2.99. The van der Waals surface area contributed by atoms with Gasteiger partial charge in [0.05, 0.1) is 11.1 Å². The second-order valence-corrected chi connectivity index (χ2v) is 5.02. The number of carbonyl (C=O) groups excluding carboxylic acids is 1. The third kappa shape index (κ3) is 1.75. The zero-order chi connectivity index (χ0) is 12.6. The largest absolute Gasteiger partial charge is 0.396 e. The van der Waals surface area contributed by atoms with Crippen LogP contribution in [0.25, 0.3) is 0 Å². The minimum Gasteiger partial charge on any atom is -0.396 e. The normalized spacial score (nSPS) is 23.1. The quantitative estimate of drug-likeness (QED) is 0.830. The van der Waals surface area contributed by atoms with Crippen LogP contribution in [0.3, 0.4) is 0 Å². The second kappa shape index (κ2) is 4.52. The number of hydrogen-bond acceptors (Lipinski definition) is 3. The van der Waals surface area contributed by atoms with Gasteiger partial charge in [-0.1, -0.05) is 31.3 Å². The maximum Gasteiger partial charge on any atom is 0.247 e. The summed E-state index contributed by atoms with van der Waals surface area (Å²) in [5.74, 6) is -0.0883. The predicted molar refractivity (Wildman–Crippen MR) is 71.6 cm³/mol. The van der Waals surface area contributed by atoms with E-state index >= 15 is 0 Å². The van der Waals surface area contributed by atoms with E-state index in [1.807, 2.05) is 6.92 Å². The van der Waals surface area contributed by atoms with Crippen molar-refractivity contribution in [2.75, 3.05) is 10.9 Å². The Morgan fingerprint density at radius 2 is 2.24 bits per heavy atom. The van der Waals surface area contributed by atoms with Crippen molar-refractivity contribution in [2.24, 2.45) is 0 Å². The second-order valence-electron chi connectivity index (χ2n) is 4.19. The topological polar surface area (TPSA) is 40.5 Å². The molecule has 3 nitrogen and oxygen atoms in total. The first-order chi connectivity index (χ1) is 8.06. The van der Waals surface area contributed by atoms with Gasteiger partial charge in [0, 0.05) is 11.6 Å². The Balaban J connectivity index is 2.63. The number of nitrogens with zero attached hydrogens (tertiary/aromatic N) is 1. The lowest BCUT2D eigenvalue weighted by molar-refractivity contribution is -0.122. The van der Waals surface area contributed by atoms with Crippen molar-refractivity contribution in [1.29, 1.82) is 0 Å². The van der Waals surface area contributed by atoms with Crippen LogP contribution in [0.4, 0.5) is 5.69 Å². The van der Waals surface area contributed by atoms with Gasteiger partial charge < -0.3 is 5.11 Å². The zero-order valence-corrected chi connectivity index (χ0v) is 11.1. The van der Waals surface area contributed by atoms with Crippen LogP contribution in [0.1, 0.15) is 25.3 Å². The maximum absolute atomic E-state index is 12.3. The van der Waals surface area contributed by atoms with Gasteiger partial charge in [0.25, 0.3) is 0 Å². The summed E-state index contributed by atoms with van der Waals surface area (Å²) in [4.78, 5) is 12.3. The summed E-state index contributed by atoms with van der Waals surface area (Å²) in [6, 6.07) is 5.32. The number of aliphatic hydroxyl groups is 1. The summed E-state index contributed by atoms with van der Waals surface area (Å²) in [6.07, 6.45) is 1.02. The Hall–Kier alpha value is -0.710. The molecule has 0 saturated heterocycles. The van der Waals surface area contributed by atoms with Crippen molar-refractivity contribution in [1.82, 2.24) is 0 Å². The summed E-state index contributed by atoms with van der Waals surface area (Å²) in [5, 5.41) is 9.79. The summed E-state index contributed by atoms with van der Waals surface area (Å²) in [6.45, 7) is 1.90. The highest BCUT2D eigenvalue weighted by Crippen LogP contribution is 2.47. The van der Waals surface area contributed by atoms with Gasteiger partial charge in [-0.2, -0.15) is 0 Å². The van der Waals surface area contributed by atoms with E-state index in [0.29, 0.717) is 17.9 Å². The van der Waals surface area contributed by atoms with E-state index in [4.69, 9.17) is 11.6 Å². The van der Waals surface area contributed by atoms with Crippen molar-refractivity contribution >= 4 is 36.0 Å². The number of halogens is 1. The van der Waals surface area contributed by atoms with Gasteiger partial charge in [-0.15, -0.1) is 0 Å². The molecule has 0 fully saturated rings. The molecule has 1 unspecified atom stereocenters. The molecule has 2 rings (SSSR count). The van der Waals surface area contributed by atoms with Crippen molar-refractivity contribution in [2.45, 2.75) is 25.2 Å². The smallest absolute Gasteiger partial charge is 0.247 e. The fraction of sp³-hybridized carbons (Fsp3) is 0.417. The molecule has 92 valence electrons. The van der Waals surface area contributed by atoms with Crippen molar-refractivity contribution in [3.63, 3.8) is 0 Å². The third-order valence-electron chi connectivity index (χ3n) is 3.45. The molecule has 1 atom stereocenters. The molecule has 5 heteroatoms. The van der Waals surface area contributed by atoms with Gasteiger partial charge in [-0.05, 0) is 36.6 Å². The maximum atomic E-state index is 12.3. The Kier molecular flexibility index (Phi) is 3.39. The molecule has 1 aromatic rings. The molecule has 1 aliphatic heterocycles. The number of anilines is 1. The van der Waals surface area contributed by atoms with Crippen LogP contribution in [0.5, 0.6) is 0 Å². The molecule has 0 aromatic heterocycles. The van der Waals surface area contributed by atoms with Crippen LogP contribution in [0.15, 0.2) is 18.2 Å². The number of fused-ring (bicyclic) bond motifs is 1. The molecule has 1 aliphatic rings. The van der Waals surface area contributed by atoms with Gasteiger partial charge in [0.2, 0.25) is 5.91 Å². The molecule has 0 bridgehead atoms. The van der Waals surface area contributed by atoms with Crippen LogP contribution >= 0.6 is 24.4 Å². The zero-order valence-electron chi connectivity index (χ0n) is 9.48. The molecule has 0 aliphatic carbocycles. The van der Waals surface area contributed by atoms with E-state index < -0.39 is 5.41 Å². The van der Waals surface area contributed by atoms with Crippen LogP contribution < -0.4 is 4.31 Å². The summed E-state index contributed by atoms with van der Waals surface area (Å²) >= 11 is 10.2. The molecular weight excluding hydrogens is 258 g/mol. The molecule has 0 saturated carbocycles. The van der Waals surface area contributed by atoms with Gasteiger partial charge in [0.15, 0.2) is 0 Å². The van der Waals surface area contributed by atoms with E-state index in [2.05, 4.69) is 12.8 Å². The van der Waals surface area contributed by atoms with E-state index in [0.717, 1.165) is 11.3 Å². The number of benzene rings is 1. The molecule has 17 heavy (non-hydrogen) atoms. The Morgan fingerprint density at radius 1 is 1.53 bits per heavy atom. The first-order valence-electron chi connectivity index (χ1n) is 5.51. The molecule has 1 N–H and O–H groups in total. The number of amides is 1. The lowest BCUT2D eigenvalue weighted by Gasteiger charge is -2.25. The highest BCUT2D eigenvalue weighted by atomic mass is 35.5. The average Bonchev–Trinajstić information content (AvgIpc) is 2.52. The average molecular weight is 272 g/mol. The summed E-state index contributed by atoms with van der Waals surface area (Å²) in [7, 11) is 0. The van der Waals surface area contributed by atoms with E-state index in [-0.39, 0.29) is 12.5 Å². The van der Waals surface area contributed by atoms with Gasteiger partial charge in [-0.25, -0.2) is 0 Å². The molecular formula is C12H14ClNO2S. The lowest BCUT2D eigenvalue weighted by Crippen LogP contribution is -2.37. The number of hydrogen-bond donors (Lipinski definition) is 2. The van der Waals surface area contributed by atoms with Crippen LogP contribution in [-0.4, -0.2) is 17.6 Å². The fourth-order valence-electron chi connectivity index (χ4n) is 2.45. The third-order valence-corrected chi connectivity index (χ3v) is 4.08. The van der Waals surface area contributed by atoms with E-state index in [1.165, 1.54) is 4.31 Å². The van der Waals surface area contributed by atoms with Gasteiger partial charge in [0.1, 0.15) is 0 Å². The van der Waals surface area contributed by atoms with Crippen molar-refractivity contribution in [3.8, 4) is 0 Å². The summed E-state index contributed by atoms with van der Waals surface area (Å²) in [5.41, 5.74) is 0.941. The van der Waals surface area contributed by atoms with Crippen LogP contribution in [-0.2, 0) is 10.2 Å². The minimum absolute atomic E-state index is 0.0346. The minimum atomic E-state index is -0.684. The lowest BCUT2D eigenvalue weighted by atomic mass is 9.76. The molecule has 0 spiro atoms. The van der Waals surface area contributed by atoms with Gasteiger partial charge in [-0.3, -0.25) is 9.10 Å². The van der Waals surface area contributed by atoms with E-state index in [1.54, 1.807) is 18.2 Å². The number of carbonyl (C=O) groups is 1. The SMILES string of the molecule is CCC1(CCO)C(=O)N(S)c2ccc(Cl)cc21.